The average Bonchev–Trinajstić information content (AvgIpc) is 2.82. The number of aryl methyl sites for hydroxylation is 1. The van der Waals surface area contributed by atoms with E-state index in [0.29, 0.717) is 18.0 Å². The standard InChI is InChI=1S/C13H19BrN2O2S.ClH/c1-10-8-12(5-6-13(10)14)19(17,18)16-7-3-4-11(16)9-15-2;/h5-6,8,11,15H,3-4,7,9H2,1-2H3;1H. The zero-order valence-corrected chi connectivity index (χ0v) is 14.8. The van der Waals surface area contributed by atoms with E-state index in [2.05, 4.69) is 21.2 Å². The van der Waals surface area contributed by atoms with Crippen molar-refractivity contribution in [3.63, 3.8) is 0 Å². The third-order valence-corrected chi connectivity index (χ3v) is 6.34. The molecule has 1 aliphatic rings. The first-order valence-corrected chi connectivity index (χ1v) is 8.62. The number of nitrogens with zero attached hydrogens (tertiary/aromatic N) is 1. The second-order valence-electron chi connectivity index (χ2n) is 4.88. The minimum Gasteiger partial charge on any atom is -0.318 e. The maximum absolute atomic E-state index is 12.7. The van der Waals surface area contributed by atoms with Gasteiger partial charge in [0.15, 0.2) is 0 Å². The monoisotopic (exact) mass is 382 g/mol. The predicted octanol–water partition coefficient (Wildman–Crippen LogP) is 2.55. The van der Waals surface area contributed by atoms with Crippen LogP contribution in [-0.4, -0.2) is 38.9 Å². The van der Waals surface area contributed by atoms with Crippen molar-refractivity contribution in [2.24, 2.45) is 0 Å². The minimum atomic E-state index is -3.38. The first-order chi connectivity index (χ1) is 8.96. The maximum atomic E-state index is 12.7. The van der Waals surface area contributed by atoms with Gasteiger partial charge in [0.1, 0.15) is 0 Å². The Hall–Kier alpha value is -0.140. The number of nitrogens with one attached hydrogen (secondary N) is 1. The molecule has 0 spiro atoms. The summed E-state index contributed by atoms with van der Waals surface area (Å²) >= 11 is 3.40. The third kappa shape index (κ3) is 3.54. The Morgan fingerprint density at radius 3 is 2.75 bits per heavy atom. The number of halogens is 2. The number of likely N-dealkylation sites (N-methyl/N-ethyl adjacent to an activating group) is 1. The number of hydrogen-bond acceptors (Lipinski definition) is 3. The Bertz CT molecular complexity index is 565. The van der Waals surface area contributed by atoms with E-state index in [4.69, 9.17) is 0 Å². The van der Waals surface area contributed by atoms with Crippen molar-refractivity contribution >= 4 is 38.4 Å². The van der Waals surface area contributed by atoms with Crippen molar-refractivity contribution in [3.05, 3.63) is 28.2 Å². The lowest BCUT2D eigenvalue weighted by atomic mass is 10.2. The fourth-order valence-electron chi connectivity index (χ4n) is 2.48. The largest absolute Gasteiger partial charge is 0.318 e. The molecule has 1 fully saturated rings. The van der Waals surface area contributed by atoms with Crippen LogP contribution in [0, 0.1) is 6.92 Å². The van der Waals surface area contributed by atoms with E-state index < -0.39 is 10.0 Å². The van der Waals surface area contributed by atoms with E-state index >= 15 is 0 Å². The molecule has 0 aliphatic carbocycles. The van der Waals surface area contributed by atoms with Gasteiger partial charge in [0.25, 0.3) is 0 Å². The van der Waals surface area contributed by atoms with E-state index in [1.165, 1.54) is 0 Å². The smallest absolute Gasteiger partial charge is 0.243 e. The molecule has 1 aliphatic heterocycles. The van der Waals surface area contributed by atoms with Crippen molar-refractivity contribution in [1.29, 1.82) is 0 Å². The fourth-order valence-corrected chi connectivity index (χ4v) is 4.50. The number of sulfonamides is 1. The Kier molecular flexibility index (Phi) is 6.47. The zero-order valence-electron chi connectivity index (χ0n) is 11.6. The second kappa shape index (κ2) is 7.22. The van der Waals surface area contributed by atoms with E-state index in [-0.39, 0.29) is 18.4 Å². The lowest BCUT2D eigenvalue weighted by molar-refractivity contribution is 0.379. The molecule has 20 heavy (non-hydrogen) atoms. The zero-order chi connectivity index (χ0) is 14.0. The summed E-state index contributed by atoms with van der Waals surface area (Å²) in [5.74, 6) is 0. The van der Waals surface area contributed by atoms with Gasteiger partial charge in [0.05, 0.1) is 4.90 Å². The normalized spacial score (nSPS) is 19.9. The van der Waals surface area contributed by atoms with Gasteiger partial charge >= 0.3 is 0 Å². The average molecular weight is 384 g/mol. The SMILES string of the molecule is CNCC1CCCN1S(=O)(=O)c1ccc(Br)c(C)c1.Cl. The first-order valence-electron chi connectivity index (χ1n) is 6.39. The molecule has 1 aromatic carbocycles. The lowest BCUT2D eigenvalue weighted by Crippen LogP contribution is -2.40. The summed E-state index contributed by atoms with van der Waals surface area (Å²) in [6.07, 6.45) is 1.86. The lowest BCUT2D eigenvalue weighted by Gasteiger charge is -2.24. The van der Waals surface area contributed by atoms with Crippen molar-refractivity contribution < 1.29 is 8.42 Å². The molecule has 1 atom stereocenters. The summed E-state index contributed by atoms with van der Waals surface area (Å²) in [5.41, 5.74) is 0.936. The highest BCUT2D eigenvalue weighted by molar-refractivity contribution is 9.10. The summed E-state index contributed by atoms with van der Waals surface area (Å²) in [6, 6.07) is 5.26. The highest BCUT2D eigenvalue weighted by Crippen LogP contribution is 2.28. The van der Waals surface area contributed by atoms with E-state index in [1.807, 2.05) is 14.0 Å². The maximum Gasteiger partial charge on any atom is 0.243 e. The quantitative estimate of drug-likeness (QED) is 0.869. The van der Waals surface area contributed by atoms with Crippen LogP contribution >= 0.6 is 28.3 Å². The molecule has 2 rings (SSSR count). The number of hydrogen-bond donors (Lipinski definition) is 1. The van der Waals surface area contributed by atoms with Crippen LogP contribution < -0.4 is 5.32 Å². The van der Waals surface area contributed by atoms with Gasteiger partial charge < -0.3 is 5.32 Å². The first kappa shape index (κ1) is 17.9. The van der Waals surface area contributed by atoms with Crippen LogP contribution in [0.3, 0.4) is 0 Å². The molecular weight excluding hydrogens is 364 g/mol. The van der Waals surface area contributed by atoms with Gasteiger partial charge in [-0.1, -0.05) is 15.9 Å². The van der Waals surface area contributed by atoms with Gasteiger partial charge in [0, 0.05) is 23.6 Å². The molecular formula is C13H20BrClN2O2S. The van der Waals surface area contributed by atoms with Crippen molar-refractivity contribution in [2.45, 2.75) is 30.7 Å². The summed E-state index contributed by atoms with van der Waals surface area (Å²) in [5, 5.41) is 3.07. The van der Waals surface area contributed by atoms with E-state index in [9.17, 15) is 8.42 Å². The van der Waals surface area contributed by atoms with Crippen LogP contribution in [0.2, 0.25) is 0 Å². The molecule has 114 valence electrons. The summed E-state index contributed by atoms with van der Waals surface area (Å²) in [4.78, 5) is 0.385. The number of rotatable bonds is 4. The summed E-state index contributed by atoms with van der Waals surface area (Å²) in [6.45, 7) is 3.22. The molecule has 0 amide bonds. The van der Waals surface area contributed by atoms with Crippen LogP contribution in [0.15, 0.2) is 27.6 Å². The van der Waals surface area contributed by atoms with Crippen molar-refractivity contribution in [1.82, 2.24) is 9.62 Å². The molecule has 0 saturated carbocycles. The highest BCUT2D eigenvalue weighted by Gasteiger charge is 2.34. The molecule has 1 aromatic rings. The van der Waals surface area contributed by atoms with Gasteiger partial charge in [-0.2, -0.15) is 4.31 Å². The molecule has 0 bridgehead atoms. The Labute approximate surface area is 135 Å². The number of benzene rings is 1. The molecule has 1 unspecified atom stereocenters. The van der Waals surface area contributed by atoms with Gasteiger partial charge in [-0.15, -0.1) is 12.4 Å². The third-order valence-electron chi connectivity index (χ3n) is 3.50. The molecule has 1 saturated heterocycles. The molecule has 1 heterocycles. The predicted molar refractivity (Wildman–Crippen MR) is 87.0 cm³/mol. The van der Waals surface area contributed by atoms with Gasteiger partial charge in [-0.3, -0.25) is 0 Å². The molecule has 7 heteroatoms. The van der Waals surface area contributed by atoms with Crippen LogP contribution in [0.5, 0.6) is 0 Å². The van der Waals surface area contributed by atoms with Crippen LogP contribution in [0.4, 0.5) is 0 Å². The molecule has 0 aromatic heterocycles. The fraction of sp³-hybridized carbons (Fsp3) is 0.538. The summed E-state index contributed by atoms with van der Waals surface area (Å²) in [7, 11) is -1.52. The second-order valence-corrected chi connectivity index (χ2v) is 7.63. The molecule has 0 radical (unpaired) electrons. The highest BCUT2D eigenvalue weighted by atomic mass is 79.9. The topological polar surface area (TPSA) is 49.4 Å². The molecule has 4 nitrogen and oxygen atoms in total. The summed E-state index contributed by atoms with van der Waals surface area (Å²) < 4.78 is 27.9. The molecule has 1 N–H and O–H groups in total. The van der Waals surface area contributed by atoms with Crippen molar-refractivity contribution in [3.8, 4) is 0 Å². The van der Waals surface area contributed by atoms with E-state index in [0.717, 1.165) is 22.9 Å². The Morgan fingerprint density at radius 2 is 2.15 bits per heavy atom. The van der Waals surface area contributed by atoms with Gasteiger partial charge in [0.2, 0.25) is 10.0 Å². The minimum absolute atomic E-state index is 0. The van der Waals surface area contributed by atoms with Crippen LogP contribution in [0.1, 0.15) is 18.4 Å². The Balaban J connectivity index is 0.00000200. The van der Waals surface area contributed by atoms with Crippen molar-refractivity contribution in [2.75, 3.05) is 20.1 Å². The Morgan fingerprint density at radius 1 is 1.45 bits per heavy atom. The van der Waals surface area contributed by atoms with E-state index in [1.54, 1.807) is 22.5 Å². The van der Waals surface area contributed by atoms with Crippen LogP contribution in [-0.2, 0) is 10.0 Å². The van der Waals surface area contributed by atoms with Gasteiger partial charge in [-0.25, -0.2) is 8.42 Å². The van der Waals surface area contributed by atoms with Crippen LogP contribution in [0.25, 0.3) is 0 Å². The van der Waals surface area contributed by atoms with Gasteiger partial charge in [-0.05, 0) is 50.6 Å².